The topological polar surface area (TPSA) is 86.5 Å². The van der Waals surface area contributed by atoms with Gasteiger partial charge in [-0.15, -0.1) is 11.3 Å². The minimum absolute atomic E-state index is 0.141. The first-order valence-electron chi connectivity index (χ1n) is 13.4. The molecule has 1 unspecified atom stereocenters. The monoisotopic (exact) mass is 517 g/mol. The molecule has 2 fully saturated rings. The van der Waals surface area contributed by atoms with Gasteiger partial charge in [-0.05, 0) is 48.9 Å². The third-order valence-electron chi connectivity index (χ3n) is 8.62. The molecule has 0 amide bonds. The van der Waals surface area contributed by atoms with Gasteiger partial charge in [-0.25, -0.2) is 4.98 Å². The smallest absolute Gasteiger partial charge is 0.137 e. The Morgan fingerprint density at radius 1 is 1.14 bits per heavy atom. The summed E-state index contributed by atoms with van der Waals surface area (Å²) in [5.41, 5.74) is 6.27. The third-order valence-corrected chi connectivity index (χ3v) is 9.67. The minimum atomic E-state index is 0.141. The predicted molar refractivity (Wildman–Crippen MR) is 149 cm³/mol. The highest BCUT2D eigenvalue weighted by Gasteiger charge is 2.53. The Hall–Kier alpha value is -2.90. The molecule has 2 bridgehead atoms. The molecule has 194 valence electrons. The van der Waals surface area contributed by atoms with Gasteiger partial charge >= 0.3 is 0 Å². The highest BCUT2D eigenvalue weighted by molar-refractivity contribution is 7.21. The summed E-state index contributed by atoms with van der Waals surface area (Å²) in [5.74, 6) is 0.373. The summed E-state index contributed by atoms with van der Waals surface area (Å²) in [6.45, 7) is 12.9. The lowest BCUT2D eigenvalue weighted by Gasteiger charge is -2.37. The van der Waals surface area contributed by atoms with Gasteiger partial charge in [0.2, 0.25) is 0 Å². The Morgan fingerprint density at radius 2 is 1.92 bits per heavy atom. The van der Waals surface area contributed by atoms with E-state index in [0.29, 0.717) is 46.7 Å². The summed E-state index contributed by atoms with van der Waals surface area (Å²) in [7, 11) is 0. The summed E-state index contributed by atoms with van der Waals surface area (Å²) >= 11 is 1.63. The zero-order valence-corrected chi connectivity index (χ0v) is 23.2. The summed E-state index contributed by atoms with van der Waals surface area (Å²) in [4.78, 5) is 6.35. The number of phenols is 2. The van der Waals surface area contributed by atoms with E-state index in [1.165, 1.54) is 24.2 Å². The van der Waals surface area contributed by atoms with Crippen molar-refractivity contribution >= 4 is 21.6 Å². The van der Waals surface area contributed by atoms with E-state index in [0.717, 1.165) is 38.6 Å². The molecule has 0 spiro atoms. The van der Waals surface area contributed by atoms with Crippen LogP contribution in [-0.4, -0.2) is 38.0 Å². The van der Waals surface area contributed by atoms with E-state index in [1.54, 1.807) is 11.3 Å². The average Bonchev–Trinajstić information content (AvgIpc) is 3.48. The average molecular weight is 518 g/mol. The molecule has 1 aliphatic carbocycles. The van der Waals surface area contributed by atoms with E-state index in [9.17, 15) is 10.2 Å². The molecule has 4 aromatic rings. The molecule has 6 nitrogen and oxygen atoms in total. The van der Waals surface area contributed by atoms with E-state index in [1.807, 2.05) is 38.1 Å². The van der Waals surface area contributed by atoms with Gasteiger partial charge in [0.05, 0.1) is 33.9 Å². The number of nitrogens with one attached hydrogen (secondary N) is 2. The molecule has 6 rings (SSSR count). The van der Waals surface area contributed by atoms with Crippen LogP contribution < -0.4 is 4.90 Å². The van der Waals surface area contributed by atoms with Crippen molar-refractivity contribution in [2.24, 2.45) is 10.8 Å². The molecule has 37 heavy (non-hydrogen) atoms. The van der Waals surface area contributed by atoms with Crippen LogP contribution in [0.3, 0.4) is 0 Å². The summed E-state index contributed by atoms with van der Waals surface area (Å²) < 4.78 is 1.12. The van der Waals surface area contributed by atoms with Crippen LogP contribution in [0.4, 0.5) is 0 Å². The first-order valence-corrected chi connectivity index (χ1v) is 14.2. The number of hydrogen-bond donors (Lipinski definition) is 4. The fourth-order valence-electron chi connectivity index (χ4n) is 7.45. The molecule has 2 aliphatic rings. The molecular formula is C30H37N4O2S+. The Balaban J connectivity index is 1.44. The lowest BCUT2D eigenvalue weighted by Crippen LogP contribution is -3.12. The van der Waals surface area contributed by atoms with Crippen molar-refractivity contribution in [3.63, 3.8) is 0 Å². The fraction of sp³-hybridized carbons (Fsp3) is 0.467. The Morgan fingerprint density at radius 3 is 2.68 bits per heavy atom. The highest BCUT2D eigenvalue weighted by Crippen LogP contribution is 2.48. The molecule has 1 saturated carbocycles. The number of aryl methyl sites for hydroxylation is 2. The number of fused-ring (bicyclic) bond motifs is 3. The number of thiazole rings is 1. The minimum Gasteiger partial charge on any atom is -0.507 e. The number of hydrogen-bond acceptors (Lipinski definition) is 5. The number of rotatable bonds is 5. The van der Waals surface area contributed by atoms with Crippen LogP contribution in [0.1, 0.15) is 63.8 Å². The van der Waals surface area contributed by atoms with Crippen molar-refractivity contribution in [2.75, 3.05) is 6.54 Å². The summed E-state index contributed by atoms with van der Waals surface area (Å²) in [5, 5.41) is 31.6. The molecule has 0 radical (unpaired) electrons. The standard InChI is InChI=1S/C30H36N4O2S/c1-6-18-11-20(25-24(17(2)32-33-25)28-31-22-9-7-8-10-23(22)37-28)27(36)21(26(18)35)14-34-16-30(5)13-19(34)12-29(3,4)15-30/h7-11,19,35-36H,6,12-16H2,1-5H3,(H,32,33)/p+1/t19-,30-/m0/s1. The number of aromatic nitrogens is 3. The fourth-order valence-corrected chi connectivity index (χ4v) is 8.51. The first kappa shape index (κ1) is 24.4. The van der Waals surface area contributed by atoms with Crippen LogP contribution in [0.5, 0.6) is 11.5 Å². The number of quaternary nitrogens is 1. The van der Waals surface area contributed by atoms with E-state index in [-0.39, 0.29) is 11.5 Å². The molecule has 3 atom stereocenters. The van der Waals surface area contributed by atoms with Crippen LogP contribution in [0.15, 0.2) is 30.3 Å². The molecule has 3 heterocycles. The van der Waals surface area contributed by atoms with Crippen molar-refractivity contribution in [3.05, 3.63) is 47.2 Å². The highest BCUT2D eigenvalue weighted by atomic mass is 32.1. The van der Waals surface area contributed by atoms with Gasteiger partial charge in [0, 0.05) is 29.5 Å². The van der Waals surface area contributed by atoms with Gasteiger partial charge < -0.3 is 15.1 Å². The van der Waals surface area contributed by atoms with E-state index in [4.69, 9.17) is 4.98 Å². The molecule has 1 aliphatic heterocycles. The largest absolute Gasteiger partial charge is 0.507 e. The third kappa shape index (κ3) is 4.12. The first-order chi connectivity index (χ1) is 17.6. The van der Waals surface area contributed by atoms with E-state index >= 15 is 0 Å². The van der Waals surface area contributed by atoms with E-state index in [2.05, 4.69) is 37.0 Å². The van der Waals surface area contributed by atoms with Crippen LogP contribution in [0.25, 0.3) is 32.0 Å². The quantitative estimate of drug-likeness (QED) is 0.277. The van der Waals surface area contributed by atoms with Gasteiger partial charge in [-0.1, -0.05) is 39.8 Å². The molecule has 2 aromatic carbocycles. The van der Waals surface area contributed by atoms with Crippen molar-refractivity contribution in [1.82, 2.24) is 15.2 Å². The van der Waals surface area contributed by atoms with Gasteiger partial charge in [0.1, 0.15) is 28.7 Å². The zero-order valence-electron chi connectivity index (χ0n) is 22.4. The normalized spacial score (nSPS) is 24.7. The van der Waals surface area contributed by atoms with E-state index < -0.39 is 0 Å². The molecule has 1 saturated heterocycles. The van der Waals surface area contributed by atoms with Gasteiger partial charge in [-0.2, -0.15) is 5.10 Å². The van der Waals surface area contributed by atoms with Gasteiger partial charge in [-0.3, -0.25) is 5.10 Å². The van der Waals surface area contributed by atoms with Crippen molar-refractivity contribution < 1.29 is 15.1 Å². The van der Waals surface area contributed by atoms with Crippen molar-refractivity contribution in [3.8, 4) is 33.3 Å². The number of para-hydroxylation sites is 1. The molecule has 7 heteroatoms. The maximum absolute atomic E-state index is 11.7. The summed E-state index contributed by atoms with van der Waals surface area (Å²) in [6, 6.07) is 10.6. The maximum Gasteiger partial charge on any atom is 0.137 e. The number of H-pyrrole nitrogens is 1. The second-order valence-electron chi connectivity index (χ2n) is 12.4. The Bertz CT molecular complexity index is 1470. The molecular weight excluding hydrogens is 480 g/mol. The second kappa shape index (κ2) is 8.57. The van der Waals surface area contributed by atoms with Crippen LogP contribution >= 0.6 is 11.3 Å². The summed E-state index contributed by atoms with van der Waals surface area (Å²) in [6.07, 6.45) is 4.31. The second-order valence-corrected chi connectivity index (χ2v) is 13.5. The zero-order chi connectivity index (χ0) is 26.1. The Kier molecular flexibility index (Phi) is 5.66. The molecule has 4 N–H and O–H groups in total. The van der Waals surface area contributed by atoms with Crippen LogP contribution in [-0.2, 0) is 13.0 Å². The lowest BCUT2D eigenvalue weighted by atomic mass is 9.65. The number of phenolic OH excluding ortho intramolecular Hbond substituents is 2. The maximum atomic E-state index is 11.7. The number of nitrogens with zero attached hydrogens (tertiary/aromatic N) is 2. The SMILES string of the molecule is CCc1cc(-c2n[nH]c(C)c2-c2nc3ccccc3s2)c(O)c(C[NH+]2C[C@@]3(C)C[C@@H]2CC(C)(C)C3)c1O. The molecule has 2 aromatic heterocycles. The van der Waals surface area contributed by atoms with Gasteiger partial charge in [0.15, 0.2) is 0 Å². The number of benzene rings is 2. The predicted octanol–water partition coefficient (Wildman–Crippen LogP) is 5.62. The van der Waals surface area contributed by atoms with Crippen LogP contribution in [0, 0.1) is 17.8 Å². The van der Waals surface area contributed by atoms with Crippen molar-refractivity contribution in [2.45, 2.75) is 72.9 Å². The number of likely N-dealkylation sites (tertiary alicyclic amines) is 1. The Labute approximate surface area is 222 Å². The number of aromatic amines is 1. The van der Waals surface area contributed by atoms with Crippen LogP contribution in [0.2, 0.25) is 0 Å². The lowest BCUT2D eigenvalue weighted by molar-refractivity contribution is -0.928. The van der Waals surface area contributed by atoms with Crippen molar-refractivity contribution in [1.29, 1.82) is 0 Å². The number of aromatic hydroxyl groups is 2. The van der Waals surface area contributed by atoms with Gasteiger partial charge in [0.25, 0.3) is 0 Å².